The SMILES string of the molecule is CN(CCc1cnn(C)c1)Cc1cccc(-c2cncc(N)n2)c1. The Bertz CT molecular complexity index is 811. The Morgan fingerprint density at radius 1 is 1.17 bits per heavy atom. The van der Waals surface area contributed by atoms with Crippen LogP contribution in [0.4, 0.5) is 5.82 Å². The minimum atomic E-state index is 0.437. The quantitative estimate of drug-likeness (QED) is 0.752. The van der Waals surface area contributed by atoms with Crippen LogP contribution in [-0.2, 0) is 20.0 Å². The number of aromatic nitrogens is 4. The lowest BCUT2D eigenvalue weighted by molar-refractivity contribution is 0.331. The van der Waals surface area contributed by atoms with E-state index < -0.39 is 0 Å². The molecule has 3 rings (SSSR count). The summed E-state index contributed by atoms with van der Waals surface area (Å²) in [5.41, 5.74) is 10.1. The number of aryl methyl sites for hydroxylation is 1. The van der Waals surface area contributed by atoms with Gasteiger partial charge in [-0.25, -0.2) is 4.98 Å². The number of hydrogen-bond donors (Lipinski definition) is 1. The van der Waals surface area contributed by atoms with Crippen molar-refractivity contribution in [2.45, 2.75) is 13.0 Å². The first kappa shape index (κ1) is 16.1. The molecule has 0 saturated heterocycles. The molecule has 0 atom stereocenters. The lowest BCUT2D eigenvalue weighted by Crippen LogP contribution is -2.20. The van der Waals surface area contributed by atoms with Gasteiger partial charge in [-0.1, -0.05) is 18.2 Å². The third-order valence-electron chi connectivity index (χ3n) is 3.87. The van der Waals surface area contributed by atoms with E-state index in [0.717, 1.165) is 30.8 Å². The van der Waals surface area contributed by atoms with Crippen molar-refractivity contribution >= 4 is 5.82 Å². The average Bonchev–Trinajstić information content (AvgIpc) is 2.99. The Morgan fingerprint density at radius 2 is 2.04 bits per heavy atom. The van der Waals surface area contributed by atoms with Crippen LogP contribution in [0.25, 0.3) is 11.3 Å². The summed E-state index contributed by atoms with van der Waals surface area (Å²) in [6, 6.07) is 8.35. The fourth-order valence-corrected chi connectivity index (χ4v) is 2.66. The summed E-state index contributed by atoms with van der Waals surface area (Å²) in [5.74, 6) is 0.437. The van der Waals surface area contributed by atoms with Crippen LogP contribution in [0.2, 0.25) is 0 Å². The monoisotopic (exact) mass is 322 g/mol. The molecule has 0 saturated carbocycles. The molecule has 0 unspecified atom stereocenters. The van der Waals surface area contributed by atoms with Crippen molar-refractivity contribution in [3.05, 3.63) is 60.2 Å². The van der Waals surface area contributed by atoms with Crippen LogP contribution < -0.4 is 5.73 Å². The van der Waals surface area contributed by atoms with Crippen molar-refractivity contribution in [1.29, 1.82) is 0 Å². The molecule has 2 aromatic heterocycles. The topological polar surface area (TPSA) is 72.9 Å². The first-order valence-corrected chi connectivity index (χ1v) is 7.93. The highest BCUT2D eigenvalue weighted by Crippen LogP contribution is 2.19. The van der Waals surface area contributed by atoms with E-state index in [2.05, 4.69) is 45.3 Å². The molecule has 0 aliphatic heterocycles. The van der Waals surface area contributed by atoms with E-state index in [4.69, 9.17) is 5.73 Å². The van der Waals surface area contributed by atoms with Gasteiger partial charge in [-0.3, -0.25) is 9.67 Å². The zero-order chi connectivity index (χ0) is 16.9. The smallest absolute Gasteiger partial charge is 0.142 e. The van der Waals surface area contributed by atoms with Gasteiger partial charge in [-0.05, 0) is 30.7 Å². The van der Waals surface area contributed by atoms with Crippen molar-refractivity contribution in [3.8, 4) is 11.3 Å². The van der Waals surface area contributed by atoms with Gasteiger partial charge in [-0.2, -0.15) is 5.10 Å². The highest BCUT2D eigenvalue weighted by Gasteiger charge is 2.05. The second-order valence-electron chi connectivity index (χ2n) is 6.04. The Kier molecular flexibility index (Phi) is 4.86. The van der Waals surface area contributed by atoms with Crippen molar-refractivity contribution in [3.63, 3.8) is 0 Å². The first-order chi connectivity index (χ1) is 11.6. The minimum absolute atomic E-state index is 0.437. The van der Waals surface area contributed by atoms with Crippen molar-refractivity contribution in [2.75, 3.05) is 19.3 Å². The maximum absolute atomic E-state index is 5.72. The molecule has 0 spiro atoms. The summed E-state index contributed by atoms with van der Waals surface area (Å²) in [7, 11) is 4.07. The molecule has 124 valence electrons. The molecule has 0 fully saturated rings. The number of rotatable bonds is 6. The average molecular weight is 322 g/mol. The highest BCUT2D eigenvalue weighted by molar-refractivity contribution is 5.60. The largest absolute Gasteiger partial charge is 0.382 e. The van der Waals surface area contributed by atoms with Gasteiger partial charge >= 0.3 is 0 Å². The number of benzene rings is 1. The van der Waals surface area contributed by atoms with Gasteiger partial charge in [0.2, 0.25) is 0 Å². The summed E-state index contributed by atoms with van der Waals surface area (Å²) in [6.07, 6.45) is 8.27. The molecule has 6 heteroatoms. The second kappa shape index (κ2) is 7.23. The summed E-state index contributed by atoms with van der Waals surface area (Å²) in [4.78, 5) is 10.7. The van der Waals surface area contributed by atoms with Crippen LogP contribution in [0.5, 0.6) is 0 Å². The van der Waals surface area contributed by atoms with Gasteiger partial charge in [0.25, 0.3) is 0 Å². The van der Waals surface area contributed by atoms with E-state index in [1.165, 1.54) is 11.1 Å². The van der Waals surface area contributed by atoms with Gasteiger partial charge in [0.05, 0.1) is 24.3 Å². The van der Waals surface area contributed by atoms with E-state index in [-0.39, 0.29) is 0 Å². The van der Waals surface area contributed by atoms with E-state index in [9.17, 15) is 0 Å². The van der Waals surface area contributed by atoms with Gasteiger partial charge in [0.15, 0.2) is 0 Å². The van der Waals surface area contributed by atoms with Crippen LogP contribution in [0.1, 0.15) is 11.1 Å². The Hall–Kier alpha value is -2.73. The molecule has 0 aliphatic carbocycles. The number of anilines is 1. The van der Waals surface area contributed by atoms with E-state index in [1.54, 1.807) is 12.4 Å². The predicted molar refractivity (Wildman–Crippen MR) is 95.1 cm³/mol. The molecule has 0 radical (unpaired) electrons. The molecular formula is C18H22N6. The normalized spacial score (nSPS) is 11.1. The highest BCUT2D eigenvalue weighted by atomic mass is 15.2. The van der Waals surface area contributed by atoms with E-state index >= 15 is 0 Å². The number of likely N-dealkylation sites (N-methyl/N-ethyl adjacent to an activating group) is 1. The Morgan fingerprint density at radius 3 is 2.79 bits per heavy atom. The van der Waals surface area contributed by atoms with Crippen LogP contribution >= 0.6 is 0 Å². The van der Waals surface area contributed by atoms with Crippen molar-refractivity contribution in [1.82, 2.24) is 24.6 Å². The summed E-state index contributed by atoms with van der Waals surface area (Å²) < 4.78 is 1.84. The number of hydrogen-bond acceptors (Lipinski definition) is 5. The molecule has 3 aromatic rings. The molecular weight excluding hydrogens is 300 g/mol. The summed E-state index contributed by atoms with van der Waals surface area (Å²) in [6.45, 7) is 1.86. The molecule has 2 heterocycles. The van der Waals surface area contributed by atoms with Crippen LogP contribution in [0, 0.1) is 0 Å². The van der Waals surface area contributed by atoms with E-state index in [1.807, 2.05) is 30.1 Å². The van der Waals surface area contributed by atoms with E-state index in [0.29, 0.717) is 5.82 Å². The third kappa shape index (κ3) is 4.17. The second-order valence-corrected chi connectivity index (χ2v) is 6.04. The van der Waals surface area contributed by atoms with Gasteiger partial charge < -0.3 is 10.6 Å². The molecule has 1 aromatic carbocycles. The molecule has 0 aliphatic rings. The molecule has 0 bridgehead atoms. The molecule has 0 amide bonds. The number of nitrogen functional groups attached to an aromatic ring is 1. The lowest BCUT2D eigenvalue weighted by atomic mass is 10.1. The maximum Gasteiger partial charge on any atom is 0.142 e. The number of nitrogens with two attached hydrogens (primary N) is 1. The Labute approximate surface area is 142 Å². The molecule has 24 heavy (non-hydrogen) atoms. The standard InChI is InChI=1S/C18H22N6/c1-23(7-6-15-9-21-24(2)13-15)12-14-4-3-5-16(8-14)17-10-20-11-18(19)22-17/h3-5,8-11,13H,6-7,12H2,1-2H3,(H2,19,22). The van der Waals surface area contributed by atoms with Crippen LogP contribution in [0.3, 0.4) is 0 Å². The maximum atomic E-state index is 5.72. The Balaban J connectivity index is 1.63. The first-order valence-electron chi connectivity index (χ1n) is 7.93. The molecule has 6 nitrogen and oxygen atoms in total. The van der Waals surface area contributed by atoms with Gasteiger partial charge in [0.1, 0.15) is 5.82 Å². The fourth-order valence-electron chi connectivity index (χ4n) is 2.66. The lowest BCUT2D eigenvalue weighted by Gasteiger charge is -2.16. The fraction of sp³-hybridized carbons (Fsp3) is 0.278. The van der Waals surface area contributed by atoms with Gasteiger partial charge in [0, 0.05) is 31.9 Å². The van der Waals surface area contributed by atoms with Crippen LogP contribution in [-0.4, -0.2) is 38.2 Å². The third-order valence-corrected chi connectivity index (χ3v) is 3.87. The number of nitrogens with zero attached hydrogens (tertiary/aromatic N) is 5. The van der Waals surface area contributed by atoms with Crippen LogP contribution in [0.15, 0.2) is 49.1 Å². The summed E-state index contributed by atoms with van der Waals surface area (Å²) >= 11 is 0. The van der Waals surface area contributed by atoms with Crippen molar-refractivity contribution < 1.29 is 0 Å². The van der Waals surface area contributed by atoms with Crippen molar-refractivity contribution in [2.24, 2.45) is 7.05 Å². The van der Waals surface area contributed by atoms with Gasteiger partial charge in [-0.15, -0.1) is 0 Å². The zero-order valence-electron chi connectivity index (χ0n) is 14.1. The zero-order valence-corrected chi connectivity index (χ0v) is 14.1. The summed E-state index contributed by atoms with van der Waals surface area (Å²) in [5, 5.41) is 4.21. The molecule has 2 N–H and O–H groups in total. The minimum Gasteiger partial charge on any atom is -0.382 e. The predicted octanol–water partition coefficient (Wildman–Crippen LogP) is 2.13.